The summed E-state index contributed by atoms with van der Waals surface area (Å²) in [5.74, 6) is -0.447. The number of sulfonamides is 1. The van der Waals surface area contributed by atoms with Gasteiger partial charge in [0.25, 0.3) is 0 Å². The lowest BCUT2D eigenvalue weighted by Crippen LogP contribution is -2.47. The second-order valence-electron chi connectivity index (χ2n) is 6.44. The molecule has 8 heteroatoms. The number of halogens is 1. The molecule has 0 saturated heterocycles. The number of hydrogen-bond donors (Lipinski definition) is 1. The summed E-state index contributed by atoms with van der Waals surface area (Å²) in [6.45, 7) is 3.56. The molecule has 0 aliphatic heterocycles. The van der Waals surface area contributed by atoms with Crippen LogP contribution in [0.3, 0.4) is 0 Å². The van der Waals surface area contributed by atoms with E-state index in [0.717, 1.165) is 21.7 Å². The van der Waals surface area contributed by atoms with Gasteiger partial charge in [-0.15, -0.1) is 0 Å². The highest BCUT2D eigenvalue weighted by Gasteiger charge is 2.31. The second kappa shape index (κ2) is 9.09. The van der Waals surface area contributed by atoms with Gasteiger partial charge in [0, 0.05) is 10.7 Å². The van der Waals surface area contributed by atoms with Crippen LogP contribution in [-0.4, -0.2) is 26.6 Å². The van der Waals surface area contributed by atoms with Gasteiger partial charge in [-0.3, -0.25) is 9.10 Å². The summed E-state index contributed by atoms with van der Waals surface area (Å²) >= 11 is 6.16. The summed E-state index contributed by atoms with van der Waals surface area (Å²) in [4.78, 5) is 12.9. The van der Waals surface area contributed by atoms with Gasteiger partial charge in [0.1, 0.15) is 6.04 Å². The van der Waals surface area contributed by atoms with Gasteiger partial charge >= 0.3 is 0 Å². The number of nitrogens with one attached hydrogen (secondary N) is 1. The Morgan fingerprint density at radius 2 is 1.89 bits per heavy atom. The number of nitrogens with zero attached hydrogens (tertiary/aromatic N) is 2. The third-order valence-corrected chi connectivity index (χ3v) is 5.83. The lowest BCUT2D eigenvalue weighted by atomic mass is 10.1. The Morgan fingerprint density at radius 1 is 1.25 bits per heavy atom. The molecule has 1 amide bonds. The quantitative estimate of drug-likeness (QED) is 0.736. The van der Waals surface area contributed by atoms with Crippen LogP contribution in [0.4, 0.5) is 11.4 Å². The number of amides is 1. The van der Waals surface area contributed by atoms with Gasteiger partial charge in [-0.05, 0) is 48.7 Å². The number of nitriles is 1. The van der Waals surface area contributed by atoms with Crippen molar-refractivity contribution in [3.05, 3.63) is 58.6 Å². The van der Waals surface area contributed by atoms with E-state index in [1.54, 1.807) is 49.4 Å². The minimum absolute atomic E-state index is 0.275. The maximum absolute atomic E-state index is 12.9. The third-order valence-electron chi connectivity index (χ3n) is 4.24. The summed E-state index contributed by atoms with van der Waals surface area (Å²) < 4.78 is 26.0. The predicted molar refractivity (Wildman–Crippen MR) is 112 cm³/mol. The molecule has 0 fully saturated rings. The minimum Gasteiger partial charge on any atom is -0.324 e. The van der Waals surface area contributed by atoms with Crippen LogP contribution in [0.25, 0.3) is 0 Å². The fourth-order valence-corrected chi connectivity index (χ4v) is 4.18. The molecule has 1 atom stereocenters. The zero-order valence-electron chi connectivity index (χ0n) is 15.9. The monoisotopic (exact) mass is 419 g/mol. The van der Waals surface area contributed by atoms with E-state index in [2.05, 4.69) is 11.4 Å². The molecule has 2 rings (SSSR count). The summed E-state index contributed by atoms with van der Waals surface area (Å²) in [6, 6.07) is 12.9. The van der Waals surface area contributed by atoms with E-state index in [1.165, 1.54) is 0 Å². The molecule has 148 valence electrons. The predicted octanol–water partition coefficient (Wildman–Crippen LogP) is 3.90. The second-order valence-corrected chi connectivity index (χ2v) is 8.70. The summed E-state index contributed by atoms with van der Waals surface area (Å²) in [6.07, 6.45) is 1.62. The fraction of sp³-hybridized carbons (Fsp3) is 0.300. The number of anilines is 2. The molecule has 0 spiro atoms. The molecule has 1 N–H and O–H groups in total. The molecular weight excluding hydrogens is 398 g/mol. The molecule has 2 aromatic carbocycles. The first-order valence-corrected chi connectivity index (χ1v) is 10.9. The van der Waals surface area contributed by atoms with E-state index in [0.29, 0.717) is 16.4 Å². The Hall–Kier alpha value is -2.56. The normalized spacial score (nSPS) is 12.1. The summed E-state index contributed by atoms with van der Waals surface area (Å²) in [5.41, 5.74) is 2.51. The van der Waals surface area contributed by atoms with E-state index in [9.17, 15) is 13.2 Å². The van der Waals surface area contributed by atoms with Crippen LogP contribution in [0.5, 0.6) is 0 Å². The van der Waals surface area contributed by atoms with Crippen LogP contribution < -0.4 is 9.62 Å². The Balaban J connectivity index is 2.33. The van der Waals surface area contributed by atoms with Crippen LogP contribution >= 0.6 is 11.6 Å². The first-order chi connectivity index (χ1) is 13.2. The van der Waals surface area contributed by atoms with E-state index >= 15 is 0 Å². The zero-order chi connectivity index (χ0) is 20.9. The third kappa shape index (κ3) is 5.24. The Labute approximate surface area is 170 Å². The SMILES string of the molecule is CCC(C(=O)Nc1ccc(CC#N)cc1)N(c1ccc(C)c(Cl)c1)S(C)(=O)=O. The Bertz CT molecular complexity index is 998. The van der Waals surface area contributed by atoms with Crippen molar-refractivity contribution in [2.24, 2.45) is 0 Å². The van der Waals surface area contributed by atoms with Crippen molar-refractivity contribution in [3.8, 4) is 6.07 Å². The van der Waals surface area contributed by atoms with E-state index < -0.39 is 22.0 Å². The molecule has 0 bridgehead atoms. The fourth-order valence-electron chi connectivity index (χ4n) is 2.80. The van der Waals surface area contributed by atoms with Crippen LogP contribution in [0.15, 0.2) is 42.5 Å². The van der Waals surface area contributed by atoms with Gasteiger partial charge in [-0.1, -0.05) is 36.7 Å². The summed E-state index contributed by atoms with van der Waals surface area (Å²) in [5, 5.41) is 11.9. The lowest BCUT2D eigenvalue weighted by molar-refractivity contribution is -0.117. The van der Waals surface area contributed by atoms with Gasteiger partial charge < -0.3 is 5.32 Å². The maximum atomic E-state index is 12.9. The van der Waals surface area contributed by atoms with Crippen molar-refractivity contribution in [1.29, 1.82) is 5.26 Å². The van der Waals surface area contributed by atoms with Crippen LogP contribution in [0, 0.1) is 18.3 Å². The molecule has 0 heterocycles. The smallest absolute Gasteiger partial charge is 0.248 e. The van der Waals surface area contributed by atoms with Crippen LogP contribution in [0.2, 0.25) is 5.02 Å². The van der Waals surface area contributed by atoms with Crippen molar-refractivity contribution in [1.82, 2.24) is 0 Å². The highest BCUT2D eigenvalue weighted by molar-refractivity contribution is 7.92. The zero-order valence-corrected chi connectivity index (χ0v) is 17.5. The van der Waals surface area contributed by atoms with Crippen molar-refractivity contribution in [2.75, 3.05) is 15.9 Å². The molecule has 0 aliphatic rings. The molecule has 0 aliphatic carbocycles. The molecule has 0 saturated carbocycles. The maximum Gasteiger partial charge on any atom is 0.248 e. The lowest BCUT2D eigenvalue weighted by Gasteiger charge is -2.30. The van der Waals surface area contributed by atoms with Crippen molar-refractivity contribution < 1.29 is 13.2 Å². The average Bonchev–Trinajstić information content (AvgIpc) is 2.63. The van der Waals surface area contributed by atoms with Gasteiger partial charge in [-0.25, -0.2) is 8.42 Å². The van der Waals surface area contributed by atoms with E-state index in [4.69, 9.17) is 16.9 Å². The molecule has 6 nitrogen and oxygen atoms in total. The largest absolute Gasteiger partial charge is 0.324 e. The molecule has 0 radical (unpaired) electrons. The standard InChI is InChI=1S/C20H22ClN3O3S/c1-4-19(20(25)23-16-8-6-15(7-9-16)11-12-22)24(28(3,26)27)17-10-5-14(2)18(21)13-17/h5-10,13,19H,4,11H2,1-3H3,(H,23,25). The van der Waals surface area contributed by atoms with Crippen molar-refractivity contribution in [3.63, 3.8) is 0 Å². The highest BCUT2D eigenvalue weighted by Crippen LogP contribution is 2.28. The van der Waals surface area contributed by atoms with Crippen LogP contribution in [0.1, 0.15) is 24.5 Å². The van der Waals surface area contributed by atoms with E-state index in [-0.39, 0.29) is 12.8 Å². The average molecular weight is 420 g/mol. The minimum atomic E-state index is -3.73. The number of aryl methyl sites for hydroxylation is 1. The summed E-state index contributed by atoms with van der Waals surface area (Å²) in [7, 11) is -3.73. The number of hydrogen-bond acceptors (Lipinski definition) is 4. The number of carbonyl (C=O) groups is 1. The van der Waals surface area contributed by atoms with Gasteiger partial charge in [-0.2, -0.15) is 5.26 Å². The Morgan fingerprint density at radius 3 is 2.39 bits per heavy atom. The Kier molecular flexibility index (Phi) is 7.05. The van der Waals surface area contributed by atoms with E-state index in [1.807, 2.05) is 6.92 Å². The molecule has 28 heavy (non-hydrogen) atoms. The van der Waals surface area contributed by atoms with Crippen molar-refractivity contribution >= 4 is 38.9 Å². The first-order valence-electron chi connectivity index (χ1n) is 8.69. The number of carbonyl (C=O) groups excluding carboxylic acids is 1. The molecule has 0 aromatic heterocycles. The number of rotatable bonds is 7. The van der Waals surface area contributed by atoms with Crippen LogP contribution in [-0.2, 0) is 21.2 Å². The van der Waals surface area contributed by atoms with Gasteiger partial charge in [0.05, 0.1) is 24.4 Å². The number of benzene rings is 2. The molecule has 2 aromatic rings. The van der Waals surface area contributed by atoms with Crippen molar-refractivity contribution in [2.45, 2.75) is 32.7 Å². The van der Waals surface area contributed by atoms with Gasteiger partial charge in [0.2, 0.25) is 15.9 Å². The molecular formula is C20H22ClN3O3S. The highest BCUT2D eigenvalue weighted by atomic mass is 35.5. The first kappa shape index (κ1) is 21.7. The topological polar surface area (TPSA) is 90.3 Å². The van der Waals surface area contributed by atoms with Gasteiger partial charge in [0.15, 0.2) is 0 Å². The molecule has 1 unspecified atom stereocenters.